The Morgan fingerprint density at radius 2 is 2.00 bits per heavy atom. The Balaban J connectivity index is 3.06. The molecule has 0 N–H and O–H groups in total. The van der Waals surface area contributed by atoms with E-state index in [1.165, 1.54) is 0 Å². The van der Waals surface area contributed by atoms with Gasteiger partial charge in [0.25, 0.3) is 0 Å². The molecule has 1 aromatic rings. The van der Waals surface area contributed by atoms with Gasteiger partial charge in [-0.25, -0.2) is 0 Å². The molecule has 0 aliphatic rings. The lowest BCUT2D eigenvalue weighted by Crippen LogP contribution is -1.94. The van der Waals surface area contributed by atoms with E-state index in [4.69, 9.17) is 21.1 Å². The molecule has 0 saturated carbocycles. The number of hydrogen-bond donors (Lipinski definition) is 0. The Morgan fingerprint density at radius 3 is 2.59 bits per heavy atom. The van der Waals surface area contributed by atoms with Crippen LogP contribution in [0.4, 0.5) is 0 Å². The molecule has 0 aromatic heterocycles. The number of unbranched alkanes of at least 4 members (excludes halogenated alkanes) is 2. The lowest BCUT2D eigenvalue weighted by molar-refractivity contribution is 0.354. The maximum absolute atomic E-state index is 6.11. The summed E-state index contributed by atoms with van der Waals surface area (Å²) in [6, 6.07) is 3.55. The SMILES string of the molecule is CCCCC#Cc1c(Cl)ccc(OC)c1OC. The van der Waals surface area contributed by atoms with Gasteiger partial charge in [0, 0.05) is 6.42 Å². The minimum absolute atomic E-state index is 0.589. The van der Waals surface area contributed by atoms with Crippen molar-refractivity contribution in [2.75, 3.05) is 14.2 Å². The first-order valence-corrected chi connectivity index (χ1v) is 6.01. The van der Waals surface area contributed by atoms with Gasteiger partial charge in [-0.2, -0.15) is 0 Å². The zero-order valence-corrected chi connectivity index (χ0v) is 11.2. The van der Waals surface area contributed by atoms with E-state index in [1.807, 2.05) is 0 Å². The number of rotatable bonds is 4. The Morgan fingerprint density at radius 1 is 1.24 bits per heavy atom. The van der Waals surface area contributed by atoms with E-state index >= 15 is 0 Å². The van der Waals surface area contributed by atoms with Crippen LogP contribution < -0.4 is 9.47 Å². The maximum Gasteiger partial charge on any atom is 0.177 e. The average Bonchev–Trinajstić information content (AvgIpc) is 2.35. The van der Waals surface area contributed by atoms with Crippen molar-refractivity contribution in [1.82, 2.24) is 0 Å². The molecular formula is C14H17ClO2. The average molecular weight is 253 g/mol. The highest BCUT2D eigenvalue weighted by Gasteiger charge is 2.11. The van der Waals surface area contributed by atoms with Crippen LogP contribution in [0.25, 0.3) is 0 Å². The first kappa shape index (κ1) is 13.7. The van der Waals surface area contributed by atoms with Crippen molar-refractivity contribution in [2.24, 2.45) is 0 Å². The molecule has 3 heteroatoms. The van der Waals surface area contributed by atoms with Crippen molar-refractivity contribution in [1.29, 1.82) is 0 Å². The Hall–Kier alpha value is -1.33. The summed E-state index contributed by atoms with van der Waals surface area (Å²) in [6.07, 6.45) is 3.10. The molecule has 0 unspecified atom stereocenters. The normalized spacial score (nSPS) is 9.41. The highest BCUT2D eigenvalue weighted by atomic mass is 35.5. The smallest absolute Gasteiger partial charge is 0.177 e. The van der Waals surface area contributed by atoms with E-state index in [2.05, 4.69) is 18.8 Å². The molecule has 1 aromatic carbocycles. The molecule has 0 spiro atoms. The van der Waals surface area contributed by atoms with Crippen LogP contribution in [0, 0.1) is 11.8 Å². The fourth-order valence-corrected chi connectivity index (χ4v) is 1.63. The molecule has 92 valence electrons. The molecule has 17 heavy (non-hydrogen) atoms. The largest absolute Gasteiger partial charge is 0.493 e. The summed E-state index contributed by atoms with van der Waals surface area (Å²) in [4.78, 5) is 0. The summed E-state index contributed by atoms with van der Waals surface area (Å²) in [6.45, 7) is 2.14. The standard InChI is InChI=1S/C14H17ClO2/c1-4-5-6-7-8-11-12(15)9-10-13(16-2)14(11)17-3/h9-10H,4-6H2,1-3H3. The molecule has 0 atom stereocenters. The van der Waals surface area contributed by atoms with E-state index in [0.717, 1.165) is 19.3 Å². The molecule has 1 rings (SSSR count). The summed E-state index contributed by atoms with van der Waals surface area (Å²) in [7, 11) is 3.19. The van der Waals surface area contributed by atoms with Crippen molar-refractivity contribution in [3.63, 3.8) is 0 Å². The van der Waals surface area contributed by atoms with E-state index in [9.17, 15) is 0 Å². The van der Waals surface area contributed by atoms with E-state index in [0.29, 0.717) is 22.1 Å². The molecule has 0 aliphatic heterocycles. The van der Waals surface area contributed by atoms with Gasteiger partial charge in [0.15, 0.2) is 11.5 Å². The number of benzene rings is 1. The molecule has 2 nitrogen and oxygen atoms in total. The second-order valence-corrected chi connectivity index (χ2v) is 3.97. The molecule has 0 saturated heterocycles. The van der Waals surface area contributed by atoms with Crippen molar-refractivity contribution < 1.29 is 9.47 Å². The third-order valence-electron chi connectivity index (χ3n) is 2.36. The van der Waals surface area contributed by atoms with Crippen molar-refractivity contribution in [3.8, 4) is 23.3 Å². The molecule has 0 bridgehead atoms. The number of halogens is 1. The molecule has 0 amide bonds. The predicted octanol–water partition coefficient (Wildman–Crippen LogP) is 3.90. The first-order valence-electron chi connectivity index (χ1n) is 5.64. The van der Waals surface area contributed by atoms with Gasteiger partial charge < -0.3 is 9.47 Å². The van der Waals surface area contributed by atoms with Gasteiger partial charge in [-0.15, -0.1) is 0 Å². The van der Waals surface area contributed by atoms with Crippen LogP contribution in [-0.2, 0) is 0 Å². The predicted molar refractivity (Wildman–Crippen MR) is 71.0 cm³/mol. The van der Waals surface area contributed by atoms with Gasteiger partial charge in [0.05, 0.1) is 24.8 Å². The lowest BCUT2D eigenvalue weighted by atomic mass is 10.1. The van der Waals surface area contributed by atoms with E-state index in [-0.39, 0.29) is 0 Å². The lowest BCUT2D eigenvalue weighted by Gasteiger charge is -2.10. The van der Waals surface area contributed by atoms with Crippen LogP contribution in [0.3, 0.4) is 0 Å². The summed E-state index contributed by atoms with van der Waals surface area (Å²) in [5, 5.41) is 0.589. The fourth-order valence-electron chi connectivity index (χ4n) is 1.44. The van der Waals surface area contributed by atoms with Crippen LogP contribution in [0.5, 0.6) is 11.5 Å². The molecule has 0 fully saturated rings. The highest BCUT2D eigenvalue weighted by molar-refractivity contribution is 6.32. The van der Waals surface area contributed by atoms with Gasteiger partial charge in [-0.05, 0) is 18.6 Å². The van der Waals surface area contributed by atoms with Crippen molar-refractivity contribution in [2.45, 2.75) is 26.2 Å². The summed E-state index contributed by atoms with van der Waals surface area (Å²) < 4.78 is 10.5. The monoisotopic (exact) mass is 252 g/mol. The maximum atomic E-state index is 6.11. The first-order chi connectivity index (χ1) is 8.24. The third-order valence-corrected chi connectivity index (χ3v) is 2.68. The number of ether oxygens (including phenoxy) is 2. The highest BCUT2D eigenvalue weighted by Crippen LogP contribution is 2.35. The molecule has 0 aliphatic carbocycles. The van der Waals surface area contributed by atoms with Crippen LogP contribution in [0.2, 0.25) is 5.02 Å². The second-order valence-electron chi connectivity index (χ2n) is 3.56. The Labute approximate surface area is 108 Å². The number of methoxy groups -OCH3 is 2. The summed E-state index contributed by atoms with van der Waals surface area (Å²) >= 11 is 6.11. The summed E-state index contributed by atoms with van der Waals surface area (Å²) in [5.74, 6) is 7.41. The van der Waals surface area contributed by atoms with Crippen LogP contribution in [0.15, 0.2) is 12.1 Å². The van der Waals surface area contributed by atoms with Gasteiger partial charge in [0.1, 0.15) is 0 Å². The third kappa shape index (κ3) is 3.57. The van der Waals surface area contributed by atoms with Gasteiger partial charge in [-0.3, -0.25) is 0 Å². The van der Waals surface area contributed by atoms with E-state index < -0.39 is 0 Å². The zero-order chi connectivity index (χ0) is 12.7. The van der Waals surface area contributed by atoms with Gasteiger partial charge in [-0.1, -0.05) is 36.8 Å². The molecule has 0 heterocycles. The zero-order valence-electron chi connectivity index (χ0n) is 10.5. The van der Waals surface area contributed by atoms with Crippen molar-refractivity contribution >= 4 is 11.6 Å². The second kappa shape index (κ2) is 7.09. The minimum Gasteiger partial charge on any atom is -0.493 e. The van der Waals surface area contributed by atoms with E-state index in [1.54, 1.807) is 26.4 Å². The Kier molecular flexibility index (Phi) is 5.72. The minimum atomic E-state index is 0.589. The van der Waals surface area contributed by atoms with Crippen LogP contribution in [0.1, 0.15) is 31.7 Å². The van der Waals surface area contributed by atoms with Crippen LogP contribution >= 0.6 is 11.6 Å². The van der Waals surface area contributed by atoms with Gasteiger partial charge >= 0.3 is 0 Å². The quantitative estimate of drug-likeness (QED) is 0.598. The Bertz CT molecular complexity index is 430. The summed E-state index contributed by atoms with van der Waals surface area (Å²) in [5.41, 5.74) is 0.699. The fraction of sp³-hybridized carbons (Fsp3) is 0.429. The topological polar surface area (TPSA) is 18.5 Å². The number of hydrogen-bond acceptors (Lipinski definition) is 2. The van der Waals surface area contributed by atoms with Gasteiger partial charge in [0.2, 0.25) is 0 Å². The molecule has 0 radical (unpaired) electrons. The van der Waals surface area contributed by atoms with Crippen LogP contribution in [-0.4, -0.2) is 14.2 Å². The molecular weight excluding hydrogens is 236 g/mol. The van der Waals surface area contributed by atoms with Crippen molar-refractivity contribution in [3.05, 3.63) is 22.7 Å².